The average Bonchev–Trinajstić information content (AvgIpc) is 3.02. The zero-order valence-corrected chi connectivity index (χ0v) is 16.6. The van der Waals surface area contributed by atoms with Crippen LogP contribution in [0.5, 0.6) is 0 Å². The molecule has 2 saturated heterocycles. The van der Waals surface area contributed by atoms with Crippen LogP contribution < -0.4 is 9.80 Å². The molecule has 4 rings (SSSR count). The van der Waals surface area contributed by atoms with E-state index in [4.69, 9.17) is 16.9 Å². The number of piperazine rings is 1. The standard InChI is InChI=1S/C19H16ClF3N6O/c1-11-14(3-2-12(7-24)17(11)19(21,22)23)29-9-13-8-27(4-5-28(13)18(29)30)16-6-15(20)25-10-26-16/h2-3,6,10,13H,4-5,8-9H2,1H3/t13-/m0/s1. The Hall–Kier alpha value is -3.06. The molecule has 0 bridgehead atoms. The highest BCUT2D eigenvalue weighted by atomic mass is 35.5. The van der Waals surface area contributed by atoms with Crippen LogP contribution in [0.1, 0.15) is 16.7 Å². The van der Waals surface area contributed by atoms with Crippen LogP contribution in [0.15, 0.2) is 24.5 Å². The van der Waals surface area contributed by atoms with E-state index < -0.39 is 17.3 Å². The van der Waals surface area contributed by atoms with Gasteiger partial charge in [-0.3, -0.25) is 4.90 Å². The number of halogens is 4. The molecule has 2 aromatic rings. The van der Waals surface area contributed by atoms with Crippen molar-refractivity contribution in [2.45, 2.75) is 19.1 Å². The number of anilines is 2. The third kappa shape index (κ3) is 3.39. The van der Waals surface area contributed by atoms with Crippen molar-refractivity contribution >= 4 is 29.1 Å². The van der Waals surface area contributed by atoms with E-state index in [2.05, 4.69) is 9.97 Å². The lowest BCUT2D eigenvalue weighted by atomic mass is 9.99. The average molecular weight is 437 g/mol. The minimum atomic E-state index is -4.69. The number of urea groups is 1. The van der Waals surface area contributed by atoms with E-state index in [9.17, 15) is 18.0 Å². The first-order valence-electron chi connectivity index (χ1n) is 9.12. The predicted molar refractivity (Wildman–Crippen MR) is 103 cm³/mol. The van der Waals surface area contributed by atoms with Crippen molar-refractivity contribution in [3.63, 3.8) is 0 Å². The number of alkyl halides is 3. The van der Waals surface area contributed by atoms with Crippen molar-refractivity contribution in [2.24, 2.45) is 0 Å². The van der Waals surface area contributed by atoms with Crippen LogP contribution >= 0.6 is 11.6 Å². The molecular weight excluding hydrogens is 421 g/mol. The molecule has 2 amide bonds. The number of hydrogen-bond donors (Lipinski definition) is 0. The summed E-state index contributed by atoms with van der Waals surface area (Å²) < 4.78 is 40.6. The quantitative estimate of drug-likeness (QED) is 0.674. The molecule has 0 aliphatic carbocycles. The lowest BCUT2D eigenvalue weighted by Crippen LogP contribution is -2.52. The van der Waals surface area contributed by atoms with Crippen molar-refractivity contribution in [3.05, 3.63) is 46.4 Å². The molecule has 3 heterocycles. The van der Waals surface area contributed by atoms with Crippen LogP contribution in [0.3, 0.4) is 0 Å². The summed E-state index contributed by atoms with van der Waals surface area (Å²) in [6.07, 6.45) is -3.33. The summed E-state index contributed by atoms with van der Waals surface area (Å²) in [5.74, 6) is 0.634. The number of nitriles is 1. The molecule has 0 N–H and O–H groups in total. The Morgan fingerprint density at radius 3 is 2.67 bits per heavy atom. The molecule has 11 heteroatoms. The third-order valence-electron chi connectivity index (χ3n) is 5.43. The largest absolute Gasteiger partial charge is 0.418 e. The molecule has 30 heavy (non-hydrogen) atoms. The molecule has 2 fully saturated rings. The summed E-state index contributed by atoms with van der Waals surface area (Å²) >= 11 is 5.93. The molecule has 156 valence electrons. The second-order valence-electron chi connectivity index (χ2n) is 7.13. The lowest BCUT2D eigenvalue weighted by molar-refractivity contribution is -0.138. The van der Waals surface area contributed by atoms with Gasteiger partial charge in [-0.25, -0.2) is 14.8 Å². The number of carbonyl (C=O) groups is 1. The first-order valence-corrected chi connectivity index (χ1v) is 9.50. The fourth-order valence-electron chi connectivity index (χ4n) is 4.07. The Morgan fingerprint density at radius 1 is 1.23 bits per heavy atom. The third-order valence-corrected chi connectivity index (χ3v) is 5.63. The summed E-state index contributed by atoms with van der Waals surface area (Å²) in [5, 5.41) is 9.38. The van der Waals surface area contributed by atoms with E-state index in [-0.39, 0.29) is 29.9 Å². The van der Waals surface area contributed by atoms with Gasteiger partial charge in [0, 0.05) is 37.9 Å². The SMILES string of the molecule is Cc1c(N2C[C@@H]3CN(c4cc(Cl)ncn4)CCN3C2=O)ccc(C#N)c1C(F)(F)F. The van der Waals surface area contributed by atoms with E-state index in [1.54, 1.807) is 17.0 Å². The number of benzene rings is 1. The Morgan fingerprint density at radius 2 is 2.00 bits per heavy atom. The topological polar surface area (TPSA) is 76.4 Å². The number of nitrogens with zero attached hydrogens (tertiary/aromatic N) is 6. The van der Waals surface area contributed by atoms with Gasteiger partial charge in [0.15, 0.2) is 0 Å². The maximum Gasteiger partial charge on any atom is 0.418 e. The Bertz CT molecular complexity index is 1050. The molecule has 0 radical (unpaired) electrons. The van der Waals surface area contributed by atoms with Gasteiger partial charge in [0.2, 0.25) is 0 Å². The second-order valence-corrected chi connectivity index (χ2v) is 7.51. The summed E-state index contributed by atoms with van der Waals surface area (Å²) in [7, 11) is 0. The van der Waals surface area contributed by atoms with Crippen LogP contribution in [-0.4, -0.2) is 53.1 Å². The normalized spacial score (nSPS) is 19.1. The molecule has 0 spiro atoms. The molecule has 0 saturated carbocycles. The van der Waals surface area contributed by atoms with Crippen LogP contribution in [0.4, 0.5) is 29.5 Å². The lowest BCUT2D eigenvalue weighted by Gasteiger charge is -2.36. The number of hydrogen-bond acceptors (Lipinski definition) is 5. The maximum absolute atomic E-state index is 13.5. The highest BCUT2D eigenvalue weighted by molar-refractivity contribution is 6.29. The minimum absolute atomic E-state index is 0.130. The summed E-state index contributed by atoms with van der Waals surface area (Å²) in [6, 6.07) is 5.17. The highest BCUT2D eigenvalue weighted by Crippen LogP contribution is 2.39. The zero-order valence-electron chi connectivity index (χ0n) is 15.8. The summed E-state index contributed by atoms with van der Waals surface area (Å²) in [6.45, 7) is 2.92. The molecule has 1 atom stereocenters. The van der Waals surface area contributed by atoms with E-state index in [0.717, 1.165) is 6.07 Å². The minimum Gasteiger partial charge on any atom is -0.353 e. The number of amides is 2. The van der Waals surface area contributed by atoms with Gasteiger partial charge in [-0.15, -0.1) is 0 Å². The van der Waals surface area contributed by atoms with E-state index in [1.807, 2.05) is 4.90 Å². The van der Waals surface area contributed by atoms with Crippen LogP contribution in [0, 0.1) is 18.3 Å². The number of aromatic nitrogens is 2. The molecule has 0 unspecified atom stereocenters. The Balaban J connectivity index is 1.63. The van der Waals surface area contributed by atoms with Gasteiger partial charge in [-0.2, -0.15) is 18.4 Å². The van der Waals surface area contributed by atoms with Gasteiger partial charge in [0.1, 0.15) is 17.3 Å². The van der Waals surface area contributed by atoms with E-state index in [1.165, 1.54) is 24.2 Å². The Labute approximate surface area is 175 Å². The molecule has 2 aliphatic rings. The molecule has 2 aliphatic heterocycles. The van der Waals surface area contributed by atoms with Gasteiger partial charge in [-0.1, -0.05) is 11.6 Å². The van der Waals surface area contributed by atoms with E-state index in [0.29, 0.717) is 30.6 Å². The van der Waals surface area contributed by atoms with Gasteiger partial charge in [-0.05, 0) is 24.6 Å². The smallest absolute Gasteiger partial charge is 0.353 e. The highest BCUT2D eigenvalue weighted by Gasteiger charge is 2.43. The van der Waals surface area contributed by atoms with E-state index >= 15 is 0 Å². The molecule has 7 nitrogen and oxygen atoms in total. The monoisotopic (exact) mass is 436 g/mol. The van der Waals surface area contributed by atoms with Gasteiger partial charge in [0.25, 0.3) is 0 Å². The zero-order chi connectivity index (χ0) is 21.6. The fourth-order valence-corrected chi connectivity index (χ4v) is 4.21. The van der Waals surface area contributed by atoms with Crippen molar-refractivity contribution < 1.29 is 18.0 Å². The van der Waals surface area contributed by atoms with Gasteiger partial charge >= 0.3 is 12.2 Å². The number of fused-ring (bicyclic) bond motifs is 1. The second kappa shape index (κ2) is 7.32. The molecule has 1 aromatic carbocycles. The molecular formula is C19H16ClF3N6O. The van der Waals surface area contributed by atoms with Gasteiger partial charge in [0.05, 0.1) is 23.2 Å². The van der Waals surface area contributed by atoms with Crippen molar-refractivity contribution in [2.75, 3.05) is 36.0 Å². The predicted octanol–water partition coefficient (Wildman–Crippen LogP) is 3.46. The maximum atomic E-state index is 13.5. The van der Waals surface area contributed by atoms with Crippen LogP contribution in [0.2, 0.25) is 5.15 Å². The summed E-state index contributed by atoms with van der Waals surface area (Å²) in [4.78, 5) is 26.0. The van der Waals surface area contributed by atoms with Crippen molar-refractivity contribution in [1.29, 1.82) is 5.26 Å². The van der Waals surface area contributed by atoms with Crippen LogP contribution in [-0.2, 0) is 6.18 Å². The molecule has 1 aromatic heterocycles. The van der Waals surface area contributed by atoms with Crippen LogP contribution in [0.25, 0.3) is 0 Å². The number of rotatable bonds is 2. The summed E-state index contributed by atoms with van der Waals surface area (Å²) in [5.41, 5.74) is -1.43. The van der Waals surface area contributed by atoms with Gasteiger partial charge < -0.3 is 9.80 Å². The van der Waals surface area contributed by atoms with Crippen molar-refractivity contribution in [3.8, 4) is 6.07 Å². The Kier molecular flexibility index (Phi) is 4.94. The fraction of sp³-hybridized carbons (Fsp3) is 0.368. The first-order chi connectivity index (χ1) is 14.2. The number of carbonyl (C=O) groups excluding carboxylic acids is 1. The first kappa shape index (κ1) is 20.2. The van der Waals surface area contributed by atoms with Crippen molar-refractivity contribution in [1.82, 2.24) is 14.9 Å².